The van der Waals surface area contributed by atoms with Crippen LogP contribution in [0.25, 0.3) is 0 Å². The molecule has 0 atom stereocenters. The first-order valence-electron chi connectivity index (χ1n) is 4.71. The van der Waals surface area contributed by atoms with Crippen LogP contribution in [0.1, 0.15) is 6.92 Å². The minimum Gasteiger partial charge on any atom is -0.469 e. The number of hydrogen-bond acceptors (Lipinski definition) is 8. The van der Waals surface area contributed by atoms with Gasteiger partial charge >= 0.3 is 5.97 Å². The molecule has 0 aromatic heterocycles. The van der Waals surface area contributed by atoms with Gasteiger partial charge in [-0.05, 0) is 0 Å². The van der Waals surface area contributed by atoms with E-state index in [0.29, 0.717) is 0 Å². The van der Waals surface area contributed by atoms with E-state index in [0.717, 1.165) is 0 Å². The SMILES string of the molecule is COC(C)=O.OCCO.OCCO.OCCO. The molecule has 0 spiro atoms. The van der Waals surface area contributed by atoms with Gasteiger partial charge in [-0.15, -0.1) is 0 Å². The fraction of sp³-hybridized carbons (Fsp3) is 0.889. The van der Waals surface area contributed by atoms with Gasteiger partial charge in [-0.25, -0.2) is 0 Å². The number of methoxy groups -OCH3 is 1. The van der Waals surface area contributed by atoms with Crippen LogP contribution in [0.5, 0.6) is 0 Å². The molecule has 0 aliphatic heterocycles. The Bertz CT molecular complexity index is 93.7. The molecule has 108 valence electrons. The summed E-state index contributed by atoms with van der Waals surface area (Å²) >= 11 is 0. The molecule has 8 nitrogen and oxygen atoms in total. The van der Waals surface area contributed by atoms with E-state index in [1.165, 1.54) is 14.0 Å². The van der Waals surface area contributed by atoms with Gasteiger partial charge in [0.05, 0.1) is 46.8 Å². The van der Waals surface area contributed by atoms with Gasteiger partial charge in [0.15, 0.2) is 0 Å². The van der Waals surface area contributed by atoms with Crippen LogP contribution >= 0.6 is 0 Å². The summed E-state index contributed by atoms with van der Waals surface area (Å²) in [7, 11) is 1.35. The normalized spacial score (nSPS) is 7.29. The molecule has 0 aromatic rings. The highest BCUT2D eigenvalue weighted by Crippen LogP contribution is 1.60. The van der Waals surface area contributed by atoms with Crippen molar-refractivity contribution in [1.29, 1.82) is 0 Å². The van der Waals surface area contributed by atoms with Crippen molar-refractivity contribution in [3.05, 3.63) is 0 Å². The van der Waals surface area contributed by atoms with Crippen LogP contribution in [0.15, 0.2) is 0 Å². The molecular formula is C9H24O8. The lowest BCUT2D eigenvalue weighted by Gasteiger charge is -1.80. The average Bonchev–Trinajstić information content (AvgIpc) is 2.39. The summed E-state index contributed by atoms with van der Waals surface area (Å²) in [5, 5.41) is 45.8. The molecule has 0 rings (SSSR count). The zero-order valence-corrected chi connectivity index (χ0v) is 10.2. The Labute approximate surface area is 101 Å². The van der Waals surface area contributed by atoms with Gasteiger partial charge in [-0.1, -0.05) is 0 Å². The Balaban J connectivity index is -0.0000000667. The minimum atomic E-state index is -0.245. The highest BCUT2D eigenvalue weighted by molar-refractivity contribution is 5.65. The van der Waals surface area contributed by atoms with Crippen molar-refractivity contribution >= 4 is 5.97 Å². The topological polar surface area (TPSA) is 148 Å². The number of rotatable bonds is 3. The van der Waals surface area contributed by atoms with Gasteiger partial charge in [0, 0.05) is 6.92 Å². The highest BCUT2D eigenvalue weighted by atomic mass is 16.5. The summed E-state index contributed by atoms with van der Waals surface area (Å²) in [5.41, 5.74) is 0. The molecule has 0 heterocycles. The molecule has 8 heteroatoms. The monoisotopic (exact) mass is 260 g/mol. The smallest absolute Gasteiger partial charge is 0.302 e. The number of ether oxygens (including phenoxy) is 1. The van der Waals surface area contributed by atoms with Crippen molar-refractivity contribution in [3.63, 3.8) is 0 Å². The van der Waals surface area contributed by atoms with Gasteiger partial charge in [-0.2, -0.15) is 0 Å². The summed E-state index contributed by atoms with van der Waals surface area (Å²) in [4.78, 5) is 9.59. The first-order chi connectivity index (χ1) is 8.01. The second-order valence-electron chi connectivity index (χ2n) is 2.04. The van der Waals surface area contributed by atoms with Gasteiger partial charge in [0.1, 0.15) is 0 Å². The Morgan fingerprint density at radius 3 is 0.882 bits per heavy atom. The maximum absolute atomic E-state index is 9.59. The summed E-state index contributed by atoms with van der Waals surface area (Å²) < 4.78 is 4.11. The summed E-state index contributed by atoms with van der Waals surface area (Å²) in [5.74, 6) is -0.245. The lowest BCUT2D eigenvalue weighted by Crippen LogP contribution is -1.88. The van der Waals surface area contributed by atoms with Crippen molar-refractivity contribution in [2.45, 2.75) is 6.92 Å². The number of esters is 1. The van der Waals surface area contributed by atoms with Gasteiger partial charge in [0.25, 0.3) is 0 Å². The Morgan fingerprint density at radius 1 is 0.765 bits per heavy atom. The quantitative estimate of drug-likeness (QED) is 0.296. The van der Waals surface area contributed by atoms with E-state index in [9.17, 15) is 4.79 Å². The van der Waals surface area contributed by atoms with Crippen molar-refractivity contribution in [2.75, 3.05) is 46.8 Å². The zero-order chi connectivity index (χ0) is 14.5. The molecule has 0 unspecified atom stereocenters. The molecule has 0 bridgehead atoms. The van der Waals surface area contributed by atoms with Crippen molar-refractivity contribution in [1.82, 2.24) is 0 Å². The third-order valence-electron chi connectivity index (χ3n) is 0.587. The number of aliphatic hydroxyl groups is 6. The minimum absolute atomic E-state index is 0.125. The third-order valence-corrected chi connectivity index (χ3v) is 0.587. The third kappa shape index (κ3) is 149. The van der Waals surface area contributed by atoms with Crippen molar-refractivity contribution in [2.24, 2.45) is 0 Å². The summed E-state index contributed by atoms with van der Waals surface area (Å²) in [6.45, 7) is 0.611. The van der Waals surface area contributed by atoms with E-state index in [4.69, 9.17) is 30.6 Å². The highest BCUT2D eigenvalue weighted by Gasteiger charge is 1.75. The lowest BCUT2D eigenvalue weighted by molar-refractivity contribution is -0.137. The van der Waals surface area contributed by atoms with Crippen LogP contribution in [0, 0.1) is 0 Å². The first kappa shape index (κ1) is 25.2. The lowest BCUT2D eigenvalue weighted by atomic mass is 10.8. The maximum Gasteiger partial charge on any atom is 0.302 e. The molecule has 17 heavy (non-hydrogen) atoms. The zero-order valence-electron chi connectivity index (χ0n) is 10.2. The largest absolute Gasteiger partial charge is 0.469 e. The molecule has 0 fully saturated rings. The Morgan fingerprint density at radius 2 is 0.882 bits per heavy atom. The number of aliphatic hydroxyl groups excluding tert-OH is 6. The Hall–Kier alpha value is -0.770. The summed E-state index contributed by atoms with van der Waals surface area (Å²) in [6, 6.07) is 0. The van der Waals surface area contributed by atoms with Crippen LogP contribution in [-0.2, 0) is 9.53 Å². The second kappa shape index (κ2) is 36.2. The molecule has 6 N–H and O–H groups in total. The summed E-state index contributed by atoms with van der Waals surface area (Å²) in [6.07, 6.45) is 0. The van der Waals surface area contributed by atoms with Gasteiger partial charge in [-0.3, -0.25) is 4.79 Å². The number of carbonyl (C=O) groups is 1. The predicted octanol–water partition coefficient (Wildman–Crippen LogP) is -2.91. The van der Waals surface area contributed by atoms with Gasteiger partial charge in [0.2, 0.25) is 0 Å². The fourth-order valence-electron chi connectivity index (χ4n) is 0. The van der Waals surface area contributed by atoms with E-state index >= 15 is 0 Å². The van der Waals surface area contributed by atoms with Crippen LogP contribution in [0.3, 0.4) is 0 Å². The fourth-order valence-corrected chi connectivity index (χ4v) is 0. The molecule has 0 aliphatic rings. The van der Waals surface area contributed by atoms with Gasteiger partial charge < -0.3 is 35.4 Å². The maximum atomic E-state index is 9.59. The predicted molar refractivity (Wildman–Crippen MR) is 60.2 cm³/mol. The molecule has 0 saturated carbocycles. The van der Waals surface area contributed by atoms with E-state index in [1.807, 2.05) is 0 Å². The average molecular weight is 260 g/mol. The van der Waals surface area contributed by atoms with E-state index in [-0.39, 0.29) is 45.6 Å². The van der Waals surface area contributed by atoms with Crippen molar-refractivity contribution in [3.8, 4) is 0 Å². The molecule has 0 radical (unpaired) electrons. The number of carbonyl (C=O) groups excluding carboxylic acids is 1. The molecular weight excluding hydrogens is 236 g/mol. The molecule has 0 aliphatic carbocycles. The standard InChI is InChI=1S/C3H6O2.3C2H6O2/c1-3(4)5-2;3*3-1-2-4/h1-2H3;3*3-4H,1-2H2. The number of hydrogen-bond donors (Lipinski definition) is 6. The first-order valence-corrected chi connectivity index (χ1v) is 4.71. The van der Waals surface area contributed by atoms with Crippen LogP contribution in [0.2, 0.25) is 0 Å². The van der Waals surface area contributed by atoms with E-state index in [2.05, 4.69) is 4.74 Å². The molecule has 0 saturated heterocycles. The van der Waals surface area contributed by atoms with E-state index in [1.54, 1.807) is 0 Å². The van der Waals surface area contributed by atoms with Crippen LogP contribution in [0.4, 0.5) is 0 Å². The van der Waals surface area contributed by atoms with Crippen molar-refractivity contribution < 1.29 is 40.2 Å². The molecule has 0 amide bonds. The van der Waals surface area contributed by atoms with Crippen LogP contribution < -0.4 is 0 Å². The van der Waals surface area contributed by atoms with Crippen LogP contribution in [-0.4, -0.2) is 83.4 Å². The Kier molecular flexibility index (Phi) is 53.6. The van der Waals surface area contributed by atoms with E-state index < -0.39 is 0 Å². The second-order valence-corrected chi connectivity index (χ2v) is 2.04. The molecule has 0 aromatic carbocycles.